The second kappa shape index (κ2) is 9.38. The van der Waals surface area contributed by atoms with Crippen LogP contribution in [0.15, 0.2) is 71.3 Å². The summed E-state index contributed by atoms with van der Waals surface area (Å²) in [6.45, 7) is 0.995. The summed E-state index contributed by atoms with van der Waals surface area (Å²) in [4.78, 5) is 38.5. The Bertz CT molecular complexity index is 1110. The molecule has 0 saturated heterocycles. The molecule has 164 valence electrons. The summed E-state index contributed by atoms with van der Waals surface area (Å²) in [5, 5.41) is 5.24. The summed E-state index contributed by atoms with van der Waals surface area (Å²) in [7, 11) is 1.29. The molecule has 0 spiro atoms. The molecule has 32 heavy (non-hydrogen) atoms. The molecule has 2 aromatic carbocycles. The van der Waals surface area contributed by atoms with Crippen molar-refractivity contribution < 1.29 is 23.5 Å². The Hall–Kier alpha value is -4.07. The third kappa shape index (κ3) is 4.49. The molecule has 0 unspecified atom stereocenters. The molecular formula is C24H23N3O5. The molecule has 0 aliphatic carbocycles. The fraction of sp³-hybridized carbons (Fsp3) is 0.208. The minimum Gasteiger partial charge on any atom is -0.467 e. The quantitative estimate of drug-likeness (QED) is 0.458. The van der Waals surface area contributed by atoms with E-state index in [0.29, 0.717) is 17.0 Å². The molecule has 4 rings (SSSR count). The van der Waals surface area contributed by atoms with Crippen LogP contribution in [0, 0.1) is 0 Å². The zero-order valence-electron chi connectivity index (χ0n) is 17.5. The van der Waals surface area contributed by atoms with Gasteiger partial charge < -0.3 is 24.7 Å². The fourth-order valence-corrected chi connectivity index (χ4v) is 3.80. The second-order valence-corrected chi connectivity index (χ2v) is 7.34. The summed E-state index contributed by atoms with van der Waals surface area (Å²) in [5.74, 6) is -1.32. The standard InChI is InChI=1S/C24H23N3O5/c1-31-24(30)17-8-10-18(11-9-17)26-23(29)22(28)25-15-20(21-7-4-14-32-21)27-13-12-16-5-2-3-6-19(16)27/h2-11,14,20H,12-13,15H2,1H3,(H,25,28)(H,26,29)/t20-/m0/s1. The molecule has 0 fully saturated rings. The van der Waals surface area contributed by atoms with Crippen molar-refractivity contribution in [1.29, 1.82) is 0 Å². The predicted octanol–water partition coefficient (Wildman–Crippen LogP) is 2.92. The van der Waals surface area contributed by atoms with Gasteiger partial charge in [0.05, 0.1) is 18.9 Å². The third-order valence-corrected chi connectivity index (χ3v) is 5.40. The highest BCUT2D eigenvalue weighted by Crippen LogP contribution is 2.34. The summed E-state index contributed by atoms with van der Waals surface area (Å²) < 4.78 is 10.3. The van der Waals surface area contributed by atoms with Gasteiger partial charge in [0.15, 0.2) is 0 Å². The number of carbonyl (C=O) groups excluding carboxylic acids is 3. The molecule has 8 heteroatoms. The highest BCUT2D eigenvalue weighted by Gasteiger charge is 2.29. The number of carbonyl (C=O) groups is 3. The third-order valence-electron chi connectivity index (χ3n) is 5.40. The van der Waals surface area contributed by atoms with Crippen molar-refractivity contribution in [2.45, 2.75) is 12.5 Å². The van der Waals surface area contributed by atoms with Crippen molar-refractivity contribution in [3.05, 3.63) is 83.8 Å². The smallest absolute Gasteiger partial charge is 0.337 e. The minimum atomic E-state index is -0.796. The van der Waals surface area contributed by atoms with E-state index in [1.54, 1.807) is 12.3 Å². The molecule has 8 nitrogen and oxygen atoms in total. The number of nitrogens with zero attached hydrogens (tertiary/aromatic N) is 1. The van der Waals surface area contributed by atoms with E-state index >= 15 is 0 Å². The van der Waals surface area contributed by atoms with Crippen molar-refractivity contribution in [1.82, 2.24) is 5.32 Å². The van der Waals surface area contributed by atoms with Gasteiger partial charge in [0.2, 0.25) is 0 Å². The number of methoxy groups -OCH3 is 1. The van der Waals surface area contributed by atoms with E-state index in [1.807, 2.05) is 24.3 Å². The molecule has 2 heterocycles. The van der Waals surface area contributed by atoms with Crippen molar-refractivity contribution in [3.8, 4) is 0 Å². The van der Waals surface area contributed by atoms with Crippen molar-refractivity contribution in [2.24, 2.45) is 0 Å². The van der Waals surface area contributed by atoms with Gasteiger partial charge in [-0.05, 0) is 54.4 Å². The average molecular weight is 433 g/mol. The Kier molecular flexibility index (Phi) is 6.21. The number of anilines is 2. The maximum atomic E-state index is 12.5. The zero-order valence-corrected chi connectivity index (χ0v) is 17.5. The second-order valence-electron chi connectivity index (χ2n) is 7.34. The highest BCUT2D eigenvalue weighted by atomic mass is 16.5. The van der Waals surface area contributed by atoms with Crippen LogP contribution in [-0.2, 0) is 20.7 Å². The zero-order chi connectivity index (χ0) is 22.5. The number of esters is 1. The van der Waals surface area contributed by atoms with Crippen molar-refractivity contribution >= 4 is 29.2 Å². The van der Waals surface area contributed by atoms with Gasteiger partial charge in [0.1, 0.15) is 11.8 Å². The van der Waals surface area contributed by atoms with E-state index in [0.717, 1.165) is 18.7 Å². The van der Waals surface area contributed by atoms with Crippen molar-refractivity contribution in [2.75, 3.05) is 30.4 Å². The van der Waals surface area contributed by atoms with Crippen LogP contribution in [0.25, 0.3) is 0 Å². The Labute approximate surface area is 185 Å². The molecule has 1 aliphatic heterocycles. The predicted molar refractivity (Wildman–Crippen MR) is 118 cm³/mol. The number of rotatable bonds is 6. The number of para-hydroxylation sites is 1. The van der Waals surface area contributed by atoms with E-state index in [4.69, 9.17) is 4.42 Å². The lowest BCUT2D eigenvalue weighted by atomic mass is 10.1. The van der Waals surface area contributed by atoms with Crippen molar-refractivity contribution in [3.63, 3.8) is 0 Å². The Balaban J connectivity index is 1.40. The molecule has 1 atom stereocenters. The van der Waals surface area contributed by atoms with Crippen LogP contribution in [-0.4, -0.2) is 38.0 Å². The van der Waals surface area contributed by atoms with E-state index in [2.05, 4.69) is 26.3 Å². The summed E-state index contributed by atoms with van der Waals surface area (Å²) in [6.07, 6.45) is 2.50. The number of ether oxygens (including phenoxy) is 1. The van der Waals surface area contributed by atoms with Gasteiger partial charge in [-0.25, -0.2) is 4.79 Å². The minimum absolute atomic E-state index is 0.204. The molecule has 3 aromatic rings. The van der Waals surface area contributed by atoms with Crippen LogP contribution in [0.4, 0.5) is 11.4 Å². The number of furan rings is 1. The average Bonchev–Trinajstić information content (AvgIpc) is 3.50. The van der Waals surface area contributed by atoms with Crippen LogP contribution in [0.1, 0.15) is 27.7 Å². The molecular weight excluding hydrogens is 410 g/mol. The molecule has 1 aromatic heterocycles. The van der Waals surface area contributed by atoms with E-state index in [9.17, 15) is 14.4 Å². The summed E-state index contributed by atoms with van der Waals surface area (Å²) in [5.41, 5.74) is 3.08. The van der Waals surface area contributed by atoms with Gasteiger partial charge in [-0.15, -0.1) is 0 Å². The molecule has 1 aliphatic rings. The molecule has 2 amide bonds. The van der Waals surface area contributed by atoms with Crippen LogP contribution < -0.4 is 15.5 Å². The Morgan fingerprint density at radius 2 is 1.81 bits per heavy atom. The number of hydrogen-bond acceptors (Lipinski definition) is 6. The lowest BCUT2D eigenvalue weighted by Gasteiger charge is -2.29. The molecule has 0 radical (unpaired) electrons. The first-order valence-electron chi connectivity index (χ1n) is 10.2. The maximum absolute atomic E-state index is 12.5. The van der Waals surface area contributed by atoms with Crippen LogP contribution in [0.2, 0.25) is 0 Å². The van der Waals surface area contributed by atoms with Gasteiger partial charge in [0.25, 0.3) is 0 Å². The van der Waals surface area contributed by atoms with Crippen LogP contribution in [0.3, 0.4) is 0 Å². The first-order valence-corrected chi connectivity index (χ1v) is 10.2. The van der Waals surface area contributed by atoms with E-state index in [-0.39, 0.29) is 12.6 Å². The number of hydrogen-bond donors (Lipinski definition) is 2. The maximum Gasteiger partial charge on any atom is 0.337 e. The number of nitrogens with one attached hydrogen (secondary N) is 2. The lowest BCUT2D eigenvalue weighted by molar-refractivity contribution is -0.136. The highest BCUT2D eigenvalue weighted by molar-refractivity contribution is 6.39. The molecule has 0 bridgehead atoms. The monoisotopic (exact) mass is 433 g/mol. The van der Waals surface area contributed by atoms with Crippen LogP contribution in [0.5, 0.6) is 0 Å². The van der Waals surface area contributed by atoms with E-state index < -0.39 is 17.8 Å². The molecule has 0 saturated carbocycles. The first-order chi connectivity index (χ1) is 15.6. The number of fused-ring (bicyclic) bond motifs is 1. The Morgan fingerprint density at radius 1 is 1.03 bits per heavy atom. The lowest BCUT2D eigenvalue weighted by Crippen LogP contribution is -2.41. The summed E-state index contributed by atoms with van der Waals surface area (Å²) in [6, 6.07) is 17.6. The SMILES string of the molecule is COC(=O)c1ccc(NC(=O)C(=O)NC[C@@H](c2ccco2)N2CCc3ccccc32)cc1. The van der Waals surface area contributed by atoms with Gasteiger partial charge in [0, 0.05) is 24.5 Å². The van der Waals surface area contributed by atoms with E-state index in [1.165, 1.54) is 36.9 Å². The van der Waals surface area contributed by atoms with Gasteiger partial charge in [-0.1, -0.05) is 18.2 Å². The normalized spacial score (nSPS) is 13.2. The van der Waals surface area contributed by atoms with Crippen LogP contribution >= 0.6 is 0 Å². The summed E-state index contributed by atoms with van der Waals surface area (Å²) >= 11 is 0. The topological polar surface area (TPSA) is 101 Å². The largest absolute Gasteiger partial charge is 0.467 e. The van der Waals surface area contributed by atoms with Gasteiger partial charge in [-0.3, -0.25) is 9.59 Å². The fourth-order valence-electron chi connectivity index (χ4n) is 3.80. The van der Waals surface area contributed by atoms with Gasteiger partial charge in [-0.2, -0.15) is 0 Å². The Morgan fingerprint density at radius 3 is 2.53 bits per heavy atom. The number of benzene rings is 2. The first kappa shape index (κ1) is 21.2. The molecule has 2 N–H and O–H groups in total. The van der Waals surface area contributed by atoms with Gasteiger partial charge >= 0.3 is 17.8 Å². The number of amides is 2.